The summed E-state index contributed by atoms with van der Waals surface area (Å²) in [5.74, 6) is 0.805. The van der Waals surface area contributed by atoms with E-state index < -0.39 is 0 Å². The maximum atomic E-state index is 5.58. The van der Waals surface area contributed by atoms with E-state index in [1.54, 1.807) is 0 Å². The molecule has 0 atom stereocenters. The fourth-order valence-corrected chi connectivity index (χ4v) is 3.52. The molecule has 0 amide bonds. The highest BCUT2D eigenvalue weighted by atomic mass is 32.1. The topological polar surface area (TPSA) is 70.3 Å². The number of benzene rings is 1. The predicted octanol–water partition coefficient (Wildman–Crippen LogP) is 2.75. The molecular weight excluding hydrogens is 348 g/mol. The molecule has 1 aliphatic heterocycles. The molecule has 3 heterocycles. The second-order valence-electron chi connectivity index (χ2n) is 6.51. The number of aromatic nitrogens is 3. The van der Waals surface area contributed by atoms with Crippen molar-refractivity contribution in [1.82, 2.24) is 20.2 Å². The molecular formula is C18H20N6OS. The first-order valence-electron chi connectivity index (χ1n) is 8.57. The largest absolute Gasteiger partial charge is 0.368 e. The molecule has 0 unspecified atom stereocenters. The molecule has 7 nitrogen and oxygen atoms in total. The molecule has 2 aromatic heterocycles. The third kappa shape index (κ3) is 3.45. The van der Waals surface area contributed by atoms with Gasteiger partial charge in [0.05, 0.1) is 0 Å². The van der Waals surface area contributed by atoms with Crippen LogP contribution in [-0.2, 0) is 0 Å². The monoisotopic (exact) mass is 368 g/mol. The minimum Gasteiger partial charge on any atom is -0.368 e. The van der Waals surface area contributed by atoms with Crippen LogP contribution in [0.15, 0.2) is 35.0 Å². The Hall–Kier alpha value is -2.74. The summed E-state index contributed by atoms with van der Waals surface area (Å²) < 4.78 is 4.77. The number of rotatable bonds is 2. The summed E-state index contributed by atoms with van der Waals surface area (Å²) in [6, 6.07) is 10.1. The van der Waals surface area contributed by atoms with Crippen LogP contribution in [0.4, 0.5) is 11.5 Å². The van der Waals surface area contributed by atoms with Gasteiger partial charge < -0.3 is 15.1 Å². The quantitative estimate of drug-likeness (QED) is 0.693. The minimum atomic E-state index is 0.721. The van der Waals surface area contributed by atoms with Crippen LogP contribution in [0, 0.1) is 13.8 Å². The Balaban J connectivity index is 1.38. The van der Waals surface area contributed by atoms with Gasteiger partial charge in [-0.05, 0) is 72.3 Å². The maximum absolute atomic E-state index is 5.58. The van der Waals surface area contributed by atoms with E-state index in [-0.39, 0.29) is 0 Å². The number of aryl methyl sites for hydroxylation is 2. The number of nitrogens with one attached hydrogen (secondary N) is 1. The molecule has 0 radical (unpaired) electrons. The Kier molecular flexibility index (Phi) is 4.42. The standard InChI is InChI=1S/C18H20N6OS/c1-12-9-13(2)19-17(10-12)20-18(26)24-7-5-23(6-8-24)14-3-4-15-16(11-14)22-25-21-15/h3-4,9-11H,5-8H2,1-2H3,(H,19,20,26). The van der Waals surface area contributed by atoms with Gasteiger partial charge in [0.2, 0.25) is 0 Å². The summed E-state index contributed by atoms with van der Waals surface area (Å²) in [4.78, 5) is 9.00. The molecule has 4 rings (SSSR count). The molecule has 134 valence electrons. The van der Waals surface area contributed by atoms with Crippen LogP contribution in [-0.4, -0.2) is 51.5 Å². The first-order valence-corrected chi connectivity index (χ1v) is 8.98. The summed E-state index contributed by atoms with van der Waals surface area (Å²) in [7, 11) is 0. The van der Waals surface area contributed by atoms with Crippen LogP contribution in [0.3, 0.4) is 0 Å². The average Bonchev–Trinajstić information content (AvgIpc) is 3.08. The normalized spacial score (nSPS) is 14.7. The maximum Gasteiger partial charge on any atom is 0.174 e. The molecule has 0 aliphatic carbocycles. The van der Waals surface area contributed by atoms with Crippen molar-refractivity contribution >= 4 is 39.9 Å². The fourth-order valence-electron chi connectivity index (χ4n) is 3.23. The lowest BCUT2D eigenvalue weighted by molar-refractivity contribution is 0.315. The Bertz CT molecular complexity index is 928. The molecule has 1 fully saturated rings. The molecule has 0 spiro atoms. The first kappa shape index (κ1) is 16.7. The lowest BCUT2D eigenvalue weighted by Gasteiger charge is -2.37. The van der Waals surface area contributed by atoms with Crippen molar-refractivity contribution in [3.63, 3.8) is 0 Å². The molecule has 0 bridgehead atoms. The van der Waals surface area contributed by atoms with Gasteiger partial charge in [-0.1, -0.05) is 0 Å². The van der Waals surface area contributed by atoms with Gasteiger partial charge in [0.25, 0.3) is 0 Å². The Morgan fingerprint density at radius 3 is 2.58 bits per heavy atom. The highest BCUT2D eigenvalue weighted by Crippen LogP contribution is 2.21. The number of thiocarbonyl (C=S) groups is 1. The molecule has 1 aliphatic rings. The molecule has 26 heavy (non-hydrogen) atoms. The van der Waals surface area contributed by atoms with Crippen molar-refractivity contribution in [2.75, 3.05) is 36.4 Å². The molecule has 1 N–H and O–H groups in total. The molecule has 3 aromatic rings. The molecule has 1 saturated heterocycles. The van der Waals surface area contributed by atoms with Crippen LogP contribution >= 0.6 is 12.2 Å². The van der Waals surface area contributed by atoms with Gasteiger partial charge in [-0.2, -0.15) is 0 Å². The van der Waals surface area contributed by atoms with Crippen molar-refractivity contribution in [3.8, 4) is 0 Å². The lowest BCUT2D eigenvalue weighted by atomic mass is 10.2. The summed E-state index contributed by atoms with van der Waals surface area (Å²) in [5.41, 5.74) is 4.84. The number of anilines is 2. The van der Waals surface area contributed by atoms with Gasteiger partial charge in [-0.3, -0.25) is 0 Å². The Morgan fingerprint density at radius 1 is 1.04 bits per heavy atom. The van der Waals surface area contributed by atoms with Gasteiger partial charge >= 0.3 is 0 Å². The van der Waals surface area contributed by atoms with Crippen molar-refractivity contribution in [3.05, 3.63) is 41.6 Å². The average molecular weight is 368 g/mol. The third-order valence-corrected chi connectivity index (χ3v) is 4.86. The van der Waals surface area contributed by atoms with Crippen molar-refractivity contribution in [2.45, 2.75) is 13.8 Å². The number of nitrogens with zero attached hydrogens (tertiary/aromatic N) is 5. The van der Waals surface area contributed by atoms with Gasteiger partial charge in [0.1, 0.15) is 16.9 Å². The highest BCUT2D eigenvalue weighted by Gasteiger charge is 2.20. The predicted molar refractivity (Wildman–Crippen MR) is 106 cm³/mol. The molecule has 0 saturated carbocycles. The number of hydrogen-bond donors (Lipinski definition) is 1. The summed E-state index contributed by atoms with van der Waals surface area (Å²) in [6.45, 7) is 7.53. The zero-order valence-electron chi connectivity index (χ0n) is 14.8. The van der Waals surface area contributed by atoms with Crippen LogP contribution in [0.2, 0.25) is 0 Å². The van der Waals surface area contributed by atoms with Crippen LogP contribution < -0.4 is 10.2 Å². The van der Waals surface area contributed by atoms with Gasteiger partial charge in [0.15, 0.2) is 5.11 Å². The van der Waals surface area contributed by atoms with E-state index in [1.807, 2.05) is 31.2 Å². The lowest BCUT2D eigenvalue weighted by Crippen LogP contribution is -2.50. The highest BCUT2D eigenvalue weighted by molar-refractivity contribution is 7.80. The van der Waals surface area contributed by atoms with E-state index in [1.165, 1.54) is 5.56 Å². The zero-order chi connectivity index (χ0) is 18.1. The first-order chi connectivity index (χ1) is 12.6. The molecule has 1 aromatic carbocycles. The molecule has 8 heteroatoms. The van der Waals surface area contributed by atoms with Crippen molar-refractivity contribution < 1.29 is 4.63 Å². The zero-order valence-corrected chi connectivity index (χ0v) is 15.6. The number of pyridine rings is 1. The van der Waals surface area contributed by atoms with Crippen LogP contribution in [0.25, 0.3) is 11.0 Å². The van der Waals surface area contributed by atoms with E-state index in [0.29, 0.717) is 0 Å². The van der Waals surface area contributed by atoms with Crippen molar-refractivity contribution in [1.29, 1.82) is 0 Å². The van der Waals surface area contributed by atoms with Crippen LogP contribution in [0.5, 0.6) is 0 Å². The minimum absolute atomic E-state index is 0.721. The smallest absolute Gasteiger partial charge is 0.174 e. The SMILES string of the molecule is Cc1cc(C)nc(NC(=S)N2CCN(c3ccc4nonc4c3)CC2)c1. The number of fused-ring (bicyclic) bond motifs is 1. The second kappa shape index (κ2) is 6.87. The summed E-state index contributed by atoms with van der Waals surface area (Å²) >= 11 is 5.58. The van der Waals surface area contributed by atoms with E-state index >= 15 is 0 Å². The van der Waals surface area contributed by atoms with Crippen LogP contribution in [0.1, 0.15) is 11.3 Å². The number of hydrogen-bond acceptors (Lipinski definition) is 6. The van der Waals surface area contributed by atoms with Gasteiger partial charge in [0, 0.05) is 37.6 Å². The summed E-state index contributed by atoms with van der Waals surface area (Å²) in [6.07, 6.45) is 0. The van der Waals surface area contributed by atoms with E-state index in [0.717, 1.165) is 59.5 Å². The Labute approximate surface area is 157 Å². The van der Waals surface area contributed by atoms with Crippen molar-refractivity contribution in [2.24, 2.45) is 0 Å². The Morgan fingerprint density at radius 2 is 1.81 bits per heavy atom. The van der Waals surface area contributed by atoms with Gasteiger partial charge in [-0.25, -0.2) is 9.61 Å². The number of piperazine rings is 1. The van der Waals surface area contributed by atoms with E-state index in [4.69, 9.17) is 16.8 Å². The third-order valence-electron chi connectivity index (χ3n) is 4.50. The summed E-state index contributed by atoms with van der Waals surface area (Å²) in [5, 5.41) is 11.8. The van der Waals surface area contributed by atoms with Gasteiger partial charge in [-0.15, -0.1) is 0 Å². The van der Waals surface area contributed by atoms with E-state index in [2.05, 4.69) is 43.4 Å². The second-order valence-corrected chi connectivity index (χ2v) is 6.90. The van der Waals surface area contributed by atoms with E-state index in [9.17, 15) is 0 Å². The fraction of sp³-hybridized carbons (Fsp3) is 0.333.